The standard InChI is InChI=1S/C14H21NO2S/c1-4-11-6-7-12(18-11)10(2)15-9-5-8-14(15,3)13(16)17/h6-7,10H,4-5,8-9H2,1-3H3,(H,16,17). The number of rotatable bonds is 4. The van der Waals surface area contributed by atoms with Crippen molar-refractivity contribution in [3.05, 3.63) is 21.9 Å². The van der Waals surface area contributed by atoms with Crippen molar-refractivity contribution in [3.8, 4) is 0 Å². The molecule has 1 aromatic rings. The maximum Gasteiger partial charge on any atom is 0.323 e. The average Bonchev–Trinajstić information content (AvgIpc) is 2.95. The number of nitrogens with zero attached hydrogens (tertiary/aromatic N) is 1. The fraction of sp³-hybridized carbons (Fsp3) is 0.643. The van der Waals surface area contributed by atoms with E-state index in [0.717, 1.165) is 25.8 Å². The van der Waals surface area contributed by atoms with E-state index in [4.69, 9.17) is 0 Å². The van der Waals surface area contributed by atoms with Crippen molar-refractivity contribution in [3.63, 3.8) is 0 Å². The fourth-order valence-corrected chi connectivity index (χ4v) is 3.81. The monoisotopic (exact) mass is 267 g/mol. The first kappa shape index (κ1) is 13.6. The number of carboxylic acids is 1. The third-order valence-electron chi connectivity index (χ3n) is 4.07. The van der Waals surface area contributed by atoms with Crippen molar-refractivity contribution in [2.45, 2.75) is 51.6 Å². The molecule has 2 rings (SSSR count). The van der Waals surface area contributed by atoms with Gasteiger partial charge in [0.2, 0.25) is 0 Å². The van der Waals surface area contributed by atoms with Crippen LogP contribution in [0.4, 0.5) is 0 Å². The smallest absolute Gasteiger partial charge is 0.323 e. The Hall–Kier alpha value is -0.870. The van der Waals surface area contributed by atoms with Gasteiger partial charge in [-0.05, 0) is 51.8 Å². The van der Waals surface area contributed by atoms with Crippen molar-refractivity contribution in [1.82, 2.24) is 4.90 Å². The molecule has 100 valence electrons. The summed E-state index contributed by atoms with van der Waals surface area (Å²) < 4.78 is 0. The number of thiophene rings is 1. The van der Waals surface area contributed by atoms with Crippen molar-refractivity contribution in [1.29, 1.82) is 0 Å². The van der Waals surface area contributed by atoms with E-state index in [2.05, 4.69) is 30.9 Å². The second kappa shape index (κ2) is 5.02. The molecule has 0 saturated carbocycles. The highest BCUT2D eigenvalue weighted by atomic mass is 32.1. The summed E-state index contributed by atoms with van der Waals surface area (Å²) in [4.78, 5) is 16.3. The van der Waals surface area contributed by atoms with Crippen molar-refractivity contribution in [2.24, 2.45) is 0 Å². The number of hydrogen-bond donors (Lipinski definition) is 1. The second-order valence-electron chi connectivity index (χ2n) is 5.21. The number of carboxylic acid groups (broad SMARTS) is 1. The second-order valence-corrected chi connectivity index (χ2v) is 6.41. The van der Waals surface area contributed by atoms with Crippen LogP contribution in [-0.4, -0.2) is 28.1 Å². The van der Waals surface area contributed by atoms with Gasteiger partial charge in [-0.15, -0.1) is 11.3 Å². The molecule has 0 aromatic carbocycles. The highest BCUT2D eigenvalue weighted by Gasteiger charge is 2.45. The zero-order valence-electron chi connectivity index (χ0n) is 11.3. The third kappa shape index (κ3) is 2.19. The molecule has 1 aliphatic heterocycles. The van der Waals surface area contributed by atoms with Crippen molar-refractivity contribution < 1.29 is 9.90 Å². The molecule has 1 saturated heterocycles. The zero-order valence-corrected chi connectivity index (χ0v) is 12.1. The first-order chi connectivity index (χ1) is 8.49. The Morgan fingerprint density at radius 1 is 1.61 bits per heavy atom. The minimum atomic E-state index is -0.699. The van der Waals surface area contributed by atoms with Gasteiger partial charge in [-0.3, -0.25) is 9.69 Å². The minimum absolute atomic E-state index is 0.193. The molecule has 1 fully saturated rings. The van der Waals surface area contributed by atoms with E-state index >= 15 is 0 Å². The van der Waals surface area contributed by atoms with Gasteiger partial charge in [-0.2, -0.15) is 0 Å². The normalized spacial score (nSPS) is 26.4. The summed E-state index contributed by atoms with van der Waals surface area (Å²) >= 11 is 1.81. The molecule has 2 heterocycles. The molecule has 1 aliphatic rings. The third-order valence-corrected chi connectivity index (χ3v) is 5.47. The molecule has 0 amide bonds. The molecule has 2 unspecified atom stereocenters. The van der Waals surface area contributed by atoms with Crippen LogP contribution in [0.1, 0.15) is 49.4 Å². The Bertz CT molecular complexity index is 443. The number of likely N-dealkylation sites (tertiary alicyclic amines) is 1. The van der Waals surface area contributed by atoms with E-state index in [1.54, 1.807) is 11.3 Å². The van der Waals surface area contributed by atoms with Gasteiger partial charge in [0.05, 0.1) is 0 Å². The molecule has 0 bridgehead atoms. The first-order valence-electron chi connectivity index (χ1n) is 6.57. The maximum absolute atomic E-state index is 11.5. The van der Waals surface area contributed by atoms with Gasteiger partial charge in [0.15, 0.2) is 0 Å². The Kier molecular flexibility index (Phi) is 3.78. The summed E-state index contributed by atoms with van der Waals surface area (Å²) in [7, 11) is 0. The Labute approximate surface area is 112 Å². The summed E-state index contributed by atoms with van der Waals surface area (Å²) in [6.45, 7) is 7.01. The van der Waals surface area contributed by atoms with Gasteiger partial charge in [-0.25, -0.2) is 0 Å². The van der Waals surface area contributed by atoms with E-state index in [1.165, 1.54) is 9.75 Å². The quantitative estimate of drug-likeness (QED) is 0.910. The molecule has 1 aromatic heterocycles. The molecule has 3 nitrogen and oxygen atoms in total. The summed E-state index contributed by atoms with van der Waals surface area (Å²) in [5, 5.41) is 9.45. The molecule has 4 heteroatoms. The zero-order chi connectivity index (χ0) is 13.3. The molecule has 0 radical (unpaired) electrons. The van der Waals surface area contributed by atoms with Crippen molar-refractivity contribution in [2.75, 3.05) is 6.54 Å². The molecule has 0 aliphatic carbocycles. The average molecular weight is 267 g/mol. The van der Waals surface area contributed by atoms with Crippen LogP contribution >= 0.6 is 11.3 Å². The fourth-order valence-electron chi connectivity index (χ4n) is 2.80. The number of hydrogen-bond acceptors (Lipinski definition) is 3. The van der Waals surface area contributed by atoms with Crippen LogP contribution in [0, 0.1) is 0 Å². The molecular weight excluding hydrogens is 246 g/mol. The topological polar surface area (TPSA) is 40.5 Å². The lowest BCUT2D eigenvalue weighted by Crippen LogP contribution is -2.48. The largest absolute Gasteiger partial charge is 0.480 e. The number of aryl methyl sites for hydroxylation is 1. The predicted molar refractivity (Wildman–Crippen MR) is 74.1 cm³/mol. The molecule has 2 atom stereocenters. The molecule has 1 N–H and O–H groups in total. The lowest BCUT2D eigenvalue weighted by molar-refractivity contribution is -0.149. The Morgan fingerprint density at radius 3 is 2.89 bits per heavy atom. The van der Waals surface area contributed by atoms with Gasteiger partial charge in [0.1, 0.15) is 5.54 Å². The number of carbonyl (C=O) groups is 1. The highest BCUT2D eigenvalue weighted by molar-refractivity contribution is 7.12. The van der Waals surface area contributed by atoms with Crippen LogP contribution in [0.2, 0.25) is 0 Å². The Balaban J connectivity index is 2.22. The summed E-state index contributed by atoms with van der Waals surface area (Å²) in [5.41, 5.74) is -0.699. The lowest BCUT2D eigenvalue weighted by Gasteiger charge is -2.35. The Morgan fingerprint density at radius 2 is 2.33 bits per heavy atom. The SMILES string of the molecule is CCc1ccc(C(C)N2CCCC2(C)C(=O)O)s1. The van der Waals surface area contributed by atoms with E-state index in [9.17, 15) is 9.90 Å². The van der Waals surface area contributed by atoms with E-state index in [-0.39, 0.29) is 6.04 Å². The van der Waals surface area contributed by atoms with Crippen molar-refractivity contribution >= 4 is 17.3 Å². The predicted octanol–water partition coefficient (Wildman–Crippen LogP) is 3.31. The highest BCUT2D eigenvalue weighted by Crippen LogP contribution is 2.38. The van der Waals surface area contributed by atoms with Crippen LogP contribution in [0.15, 0.2) is 12.1 Å². The number of aliphatic carboxylic acids is 1. The molecule has 0 spiro atoms. The van der Waals surface area contributed by atoms with Crippen LogP contribution < -0.4 is 0 Å². The minimum Gasteiger partial charge on any atom is -0.480 e. The summed E-state index contributed by atoms with van der Waals surface area (Å²) in [6, 6.07) is 4.50. The summed E-state index contributed by atoms with van der Waals surface area (Å²) in [5.74, 6) is -0.695. The van der Waals surface area contributed by atoms with E-state index in [1.807, 2.05) is 6.92 Å². The molecule has 18 heavy (non-hydrogen) atoms. The van der Waals surface area contributed by atoms with Gasteiger partial charge < -0.3 is 5.11 Å². The first-order valence-corrected chi connectivity index (χ1v) is 7.39. The van der Waals surface area contributed by atoms with Gasteiger partial charge in [-0.1, -0.05) is 6.92 Å². The van der Waals surface area contributed by atoms with E-state index < -0.39 is 11.5 Å². The van der Waals surface area contributed by atoms with Gasteiger partial charge in [0.25, 0.3) is 0 Å². The maximum atomic E-state index is 11.5. The van der Waals surface area contributed by atoms with Gasteiger partial charge in [0, 0.05) is 15.8 Å². The lowest BCUT2D eigenvalue weighted by atomic mass is 9.98. The van der Waals surface area contributed by atoms with Gasteiger partial charge >= 0.3 is 5.97 Å². The summed E-state index contributed by atoms with van der Waals surface area (Å²) in [6.07, 6.45) is 2.77. The van der Waals surface area contributed by atoms with Crippen LogP contribution in [0.3, 0.4) is 0 Å². The molecular formula is C14H21NO2S. The van der Waals surface area contributed by atoms with Crippen LogP contribution in [-0.2, 0) is 11.2 Å². The van der Waals surface area contributed by atoms with Crippen LogP contribution in [0.25, 0.3) is 0 Å². The van der Waals surface area contributed by atoms with E-state index in [0.29, 0.717) is 0 Å². The van der Waals surface area contributed by atoms with Crippen LogP contribution in [0.5, 0.6) is 0 Å².